The summed E-state index contributed by atoms with van der Waals surface area (Å²) in [6.45, 7) is 5.74. The lowest BCUT2D eigenvalue weighted by Gasteiger charge is -2.34. The van der Waals surface area contributed by atoms with E-state index in [4.69, 9.17) is 9.47 Å². The zero-order valence-electron chi connectivity index (χ0n) is 8.41. The summed E-state index contributed by atoms with van der Waals surface area (Å²) < 4.78 is 11.0. The van der Waals surface area contributed by atoms with Crippen molar-refractivity contribution >= 4 is 6.29 Å². The van der Waals surface area contributed by atoms with Crippen LogP contribution in [0.5, 0.6) is 0 Å². The number of rotatable bonds is 4. The maximum absolute atomic E-state index is 10.1. The van der Waals surface area contributed by atoms with Crippen LogP contribution in [0.3, 0.4) is 0 Å². The summed E-state index contributed by atoms with van der Waals surface area (Å²) in [4.78, 5) is 10.1. The second-order valence-electron chi connectivity index (χ2n) is 4.31. The highest BCUT2D eigenvalue weighted by Crippen LogP contribution is 2.24. The molecule has 1 saturated heterocycles. The summed E-state index contributed by atoms with van der Waals surface area (Å²) in [5.41, 5.74) is 0.140. The maximum atomic E-state index is 10.1. The fraction of sp³-hybridized carbons (Fsp3) is 0.900. The molecule has 0 aromatic heterocycles. The van der Waals surface area contributed by atoms with E-state index in [1.807, 2.05) is 0 Å². The van der Waals surface area contributed by atoms with Crippen LogP contribution in [0.15, 0.2) is 0 Å². The van der Waals surface area contributed by atoms with E-state index in [9.17, 15) is 4.79 Å². The number of carbonyl (C=O) groups excluding carboxylic acids is 1. The predicted molar refractivity (Wildman–Crippen MR) is 49.4 cm³/mol. The lowest BCUT2D eigenvalue weighted by Crippen LogP contribution is -2.37. The Bertz CT molecular complexity index is 156. The third-order valence-corrected chi connectivity index (χ3v) is 2.08. The average Bonchev–Trinajstić information content (AvgIpc) is 2.08. The standard InChI is InChI=1S/C10H18O3/c1-10(2)7-12-9(13-8-10)5-3-4-6-11/h6,9H,3-5,7-8H2,1-2H3. The molecule has 3 heteroatoms. The van der Waals surface area contributed by atoms with Crippen molar-refractivity contribution in [1.82, 2.24) is 0 Å². The van der Waals surface area contributed by atoms with Crippen molar-refractivity contribution in [2.75, 3.05) is 13.2 Å². The Morgan fingerprint density at radius 3 is 2.54 bits per heavy atom. The molecule has 0 saturated carbocycles. The molecule has 0 amide bonds. The lowest BCUT2D eigenvalue weighted by molar-refractivity contribution is -0.223. The fourth-order valence-electron chi connectivity index (χ4n) is 1.26. The van der Waals surface area contributed by atoms with Crippen LogP contribution in [0.2, 0.25) is 0 Å². The molecule has 0 aromatic rings. The molecule has 0 atom stereocenters. The van der Waals surface area contributed by atoms with Crippen molar-refractivity contribution in [2.45, 2.75) is 39.4 Å². The SMILES string of the molecule is CC1(C)COC(CCCC=O)OC1. The number of ether oxygens (including phenoxy) is 2. The third kappa shape index (κ3) is 3.87. The maximum Gasteiger partial charge on any atom is 0.157 e. The van der Waals surface area contributed by atoms with Gasteiger partial charge in [-0.3, -0.25) is 0 Å². The van der Waals surface area contributed by atoms with Crippen molar-refractivity contribution < 1.29 is 14.3 Å². The Morgan fingerprint density at radius 2 is 2.00 bits per heavy atom. The van der Waals surface area contributed by atoms with Gasteiger partial charge in [-0.2, -0.15) is 0 Å². The third-order valence-electron chi connectivity index (χ3n) is 2.08. The largest absolute Gasteiger partial charge is 0.352 e. The zero-order chi connectivity index (χ0) is 9.73. The molecule has 1 heterocycles. The predicted octanol–water partition coefficient (Wildman–Crippen LogP) is 1.75. The summed E-state index contributed by atoms with van der Waals surface area (Å²) in [6, 6.07) is 0. The van der Waals surface area contributed by atoms with Crippen molar-refractivity contribution in [2.24, 2.45) is 5.41 Å². The Kier molecular flexibility index (Phi) is 3.88. The summed E-state index contributed by atoms with van der Waals surface area (Å²) in [5, 5.41) is 0. The molecular weight excluding hydrogens is 168 g/mol. The van der Waals surface area contributed by atoms with Crippen LogP contribution < -0.4 is 0 Å². The topological polar surface area (TPSA) is 35.5 Å². The van der Waals surface area contributed by atoms with E-state index < -0.39 is 0 Å². The zero-order valence-corrected chi connectivity index (χ0v) is 8.41. The second kappa shape index (κ2) is 4.72. The molecule has 0 bridgehead atoms. The van der Waals surface area contributed by atoms with E-state index in [0.717, 1.165) is 32.3 Å². The molecule has 0 aliphatic carbocycles. The van der Waals surface area contributed by atoms with Gasteiger partial charge in [-0.1, -0.05) is 13.8 Å². The highest BCUT2D eigenvalue weighted by atomic mass is 16.7. The van der Waals surface area contributed by atoms with Crippen LogP contribution in [0.4, 0.5) is 0 Å². The molecule has 76 valence electrons. The summed E-state index contributed by atoms with van der Waals surface area (Å²) in [6.07, 6.45) is 3.14. The van der Waals surface area contributed by atoms with Gasteiger partial charge >= 0.3 is 0 Å². The Morgan fingerprint density at radius 1 is 1.38 bits per heavy atom. The molecule has 1 aliphatic rings. The van der Waals surface area contributed by atoms with Gasteiger partial charge in [0.05, 0.1) is 13.2 Å². The van der Waals surface area contributed by atoms with Gasteiger partial charge in [-0.05, 0) is 12.8 Å². The van der Waals surface area contributed by atoms with Crippen LogP contribution in [-0.4, -0.2) is 25.8 Å². The molecule has 0 N–H and O–H groups in total. The molecule has 3 nitrogen and oxygen atoms in total. The van der Waals surface area contributed by atoms with Crippen molar-refractivity contribution in [1.29, 1.82) is 0 Å². The van der Waals surface area contributed by atoms with Crippen LogP contribution in [0, 0.1) is 5.41 Å². The first-order chi connectivity index (χ1) is 6.14. The molecular formula is C10H18O3. The van der Waals surface area contributed by atoms with Gasteiger partial charge < -0.3 is 14.3 Å². The molecule has 1 fully saturated rings. The summed E-state index contributed by atoms with van der Waals surface area (Å²) >= 11 is 0. The number of hydrogen-bond donors (Lipinski definition) is 0. The smallest absolute Gasteiger partial charge is 0.157 e. The van der Waals surface area contributed by atoms with Crippen LogP contribution in [0.25, 0.3) is 0 Å². The highest BCUT2D eigenvalue weighted by molar-refractivity contribution is 5.48. The monoisotopic (exact) mass is 186 g/mol. The minimum Gasteiger partial charge on any atom is -0.352 e. The number of aldehydes is 1. The Labute approximate surface area is 79.4 Å². The van der Waals surface area contributed by atoms with Gasteiger partial charge in [0.2, 0.25) is 0 Å². The van der Waals surface area contributed by atoms with Gasteiger partial charge in [-0.25, -0.2) is 0 Å². The molecule has 13 heavy (non-hydrogen) atoms. The van der Waals surface area contributed by atoms with E-state index in [-0.39, 0.29) is 11.7 Å². The van der Waals surface area contributed by atoms with E-state index in [1.165, 1.54) is 0 Å². The van der Waals surface area contributed by atoms with Crippen LogP contribution >= 0.6 is 0 Å². The first-order valence-electron chi connectivity index (χ1n) is 4.81. The molecule has 0 unspecified atom stereocenters. The van der Waals surface area contributed by atoms with Gasteiger partial charge in [0.15, 0.2) is 6.29 Å². The molecule has 1 aliphatic heterocycles. The van der Waals surface area contributed by atoms with Gasteiger partial charge in [0.1, 0.15) is 6.29 Å². The van der Waals surface area contributed by atoms with Crippen molar-refractivity contribution in [3.63, 3.8) is 0 Å². The normalized spacial score (nSPS) is 22.9. The van der Waals surface area contributed by atoms with Crippen LogP contribution in [-0.2, 0) is 14.3 Å². The number of unbranched alkanes of at least 4 members (excludes halogenated alkanes) is 1. The highest BCUT2D eigenvalue weighted by Gasteiger charge is 2.27. The number of carbonyl (C=O) groups is 1. The Balaban J connectivity index is 2.14. The fourth-order valence-corrected chi connectivity index (χ4v) is 1.26. The van der Waals surface area contributed by atoms with Gasteiger partial charge in [0.25, 0.3) is 0 Å². The number of hydrogen-bond acceptors (Lipinski definition) is 3. The van der Waals surface area contributed by atoms with Crippen molar-refractivity contribution in [3.8, 4) is 0 Å². The quantitative estimate of drug-likeness (QED) is 0.495. The minimum atomic E-state index is -0.0898. The molecule has 0 spiro atoms. The first kappa shape index (κ1) is 10.7. The average molecular weight is 186 g/mol. The second-order valence-corrected chi connectivity index (χ2v) is 4.31. The molecule has 0 radical (unpaired) electrons. The molecule has 1 rings (SSSR count). The van der Waals surface area contributed by atoms with Crippen molar-refractivity contribution in [3.05, 3.63) is 0 Å². The van der Waals surface area contributed by atoms with E-state index in [1.54, 1.807) is 0 Å². The van der Waals surface area contributed by atoms with Gasteiger partial charge in [-0.15, -0.1) is 0 Å². The lowest BCUT2D eigenvalue weighted by atomic mass is 9.95. The van der Waals surface area contributed by atoms with Gasteiger partial charge in [0, 0.05) is 11.8 Å². The van der Waals surface area contributed by atoms with E-state index in [2.05, 4.69) is 13.8 Å². The van der Waals surface area contributed by atoms with E-state index >= 15 is 0 Å². The Hall–Kier alpha value is -0.410. The molecule has 0 aromatic carbocycles. The minimum absolute atomic E-state index is 0.0898. The first-order valence-corrected chi connectivity index (χ1v) is 4.81. The van der Waals surface area contributed by atoms with E-state index in [0.29, 0.717) is 6.42 Å². The van der Waals surface area contributed by atoms with Crippen LogP contribution in [0.1, 0.15) is 33.1 Å². The summed E-state index contributed by atoms with van der Waals surface area (Å²) in [5.74, 6) is 0. The summed E-state index contributed by atoms with van der Waals surface area (Å²) in [7, 11) is 0.